The van der Waals surface area contributed by atoms with Gasteiger partial charge in [0.05, 0.1) is 0 Å². The van der Waals surface area contributed by atoms with Gasteiger partial charge >= 0.3 is 0 Å². The van der Waals surface area contributed by atoms with Gasteiger partial charge in [-0.15, -0.1) is 0 Å². The molecule has 4 heterocycles. The minimum absolute atomic E-state index is 0.830. The minimum atomic E-state index is 0.830. The maximum Gasteiger partial charge on any atom is 0.225 e. The molecule has 2 aromatic heterocycles. The van der Waals surface area contributed by atoms with Crippen LogP contribution in [-0.4, -0.2) is 59.2 Å². The Hall–Kier alpha value is -2.44. The highest BCUT2D eigenvalue weighted by atomic mass is 15.3. The summed E-state index contributed by atoms with van der Waals surface area (Å²) in [5.41, 5.74) is 1.01. The molecule has 0 amide bonds. The number of rotatable bonds is 3. The van der Waals surface area contributed by atoms with E-state index in [9.17, 15) is 0 Å². The van der Waals surface area contributed by atoms with E-state index < -0.39 is 0 Å². The van der Waals surface area contributed by atoms with E-state index in [1.54, 1.807) is 0 Å². The van der Waals surface area contributed by atoms with Gasteiger partial charge in [0.25, 0.3) is 0 Å². The third kappa shape index (κ3) is 3.50. The van der Waals surface area contributed by atoms with Crippen LogP contribution in [0.4, 0.5) is 17.6 Å². The maximum absolute atomic E-state index is 4.68. The molecule has 132 valence electrons. The summed E-state index contributed by atoms with van der Waals surface area (Å²) in [6, 6.07) is 4.08. The molecule has 2 aliphatic rings. The van der Waals surface area contributed by atoms with Gasteiger partial charge in [0.1, 0.15) is 17.5 Å². The molecule has 7 nitrogen and oxygen atoms in total. The molecule has 0 unspecified atom stereocenters. The second-order valence-corrected chi connectivity index (χ2v) is 6.80. The summed E-state index contributed by atoms with van der Waals surface area (Å²) in [6.45, 7) is 9.87. The smallest absolute Gasteiger partial charge is 0.225 e. The highest BCUT2D eigenvalue weighted by Gasteiger charge is 2.22. The minimum Gasteiger partial charge on any atom is -0.356 e. The summed E-state index contributed by atoms with van der Waals surface area (Å²) in [6.07, 6.45) is 4.35. The van der Waals surface area contributed by atoms with E-state index in [4.69, 9.17) is 0 Å². The van der Waals surface area contributed by atoms with Crippen LogP contribution in [0.3, 0.4) is 0 Å². The number of anilines is 3. The Bertz CT molecular complexity index is 734. The zero-order chi connectivity index (χ0) is 17.2. The molecule has 2 aliphatic heterocycles. The normalized spacial score (nSPS) is 18.1. The first-order valence-electron chi connectivity index (χ1n) is 9.09. The molecule has 0 aromatic carbocycles. The molecule has 2 fully saturated rings. The van der Waals surface area contributed by atoms with Gasteiger partial charge in [-0.1, -0.05) is 0 Å². The second-order valence-electron chi connectivity index (χ2n) is 6.80. The lowest BCUT2D eigenvalue weighted by molar-refractivity contribution is 0.632. The van der Waals surface area contributed by atoms with Crippen LogP contribution in [0.25, 0.3) is 0 Å². The lowest BCUT2D eigenvalue weighted by atomic mass is 10.3. The number of aryl methyl sites for hydroxylation is 2. The SMILES string of the molecule is Cc1ccnc(N2CCN(c3cc(N4CCCC4)nc(C)n3)CC2)n1. The maximum atomic E-state index is 4.68. The second kappa shape index (κ2) is 6.82. The predicted molar refractivity (Wildman–Crippen MR) is 99.4 cm³/mol. The summed E-state index contributed by atoms with van der Waals surface area (Å²) < 4.78 is 0. The molecule has 7 heteroatoms. The lowest BCUT2D eigenvalue weighted by Crippen LogP contribution is -2.47. The van der Waals surface area contributed by atoms with Gasteiger partial charge in [-0.3, -0.25) is 0 Å². The Balaban J connectivity index is 1.47. The Morgan fingerprint density at radius 3 is 2.00 bits per heavy atom. The molecule has 0 aliphatic carbocycles. The quantitative estimate of drug-likeness (QED) is 0.845. The average Bonchev–Trinajstić information content (AvgIpc) is 3.16. The van der Waals surface area contributed by atoms with Crippen molar-refractivity contribution in [1.82, 2.24) is 19.9 Å². The van der Waals surface area contributed by atoms with Crippen LogP contribution >= 0.6 is 0 Å². The van der Waals surface area contributed by atoms with E-state index in [-0.39, 0.29) is 0 Å². The monoisotopic (exact) mass is 339 g/mol. The summed E-state index contributed by atoms with van der Waals surface area (Å²) >= 11 is 0. The average molecular weight is 339 g/mol. The highest BCUT2D eigenvalue weighted by molar-refractivity contribution is 5.52. The van der Waals surface area contributed by atoms with Crippen LogP contribution < -0.4 is 14.7 Å². The van der Waals surface area contributed by atoms with Gasteiger partial charge in [-0.05, 0) is 32.8 Å². The van der Waals surface area contributed by atoms with Crippen molar-refractivity contribution in [3.63, 3.8) is 0 Å². The molecule has 0 bridgehead atoms. The molecule has 0 saturated carbocycles. The number of aromatic nitrogens is 4. The van der Waals surface area contributed by atoms with Gasteiger partial charge < -0.3 is 14.7 Å². The summed E-state index contributed by atoms with van der Waals surface area (Å²) in [5.74, 6) is 3.80. The topological polar surface area (TPSA) is 61.3 Å². The number of hydrogen-bond acceptors (Lipinski definition) is 7. The third-order valence-electron chi connectivity index (χ3n) is 4.91. The van der Waals surface area contributed by atoms with Crippen molar-refractivity contribution in [2.24, 2.45) is 0 Å². The zero-order valence-corrected chi connectivity index (χ0v) is 15.0. The molecule has 0 atom stereocenters. The van der Waals surface area contributed by atoms with Crippen molar-refractivity contribution in [2.75, 3.05) is 54.0 Å². The Kier molecular flexibility index (Phi) is 4.38. The van der Waals surface area contributed by atoms with Crippen molar-refractivity contribution in [3.05, 3.63) is 29.8 Å². The third-order valence-corrected chi connectivity index (χ3v) is 4.91. The van der Waals surface area contributed by atoms with Crippen LogP contribution in [0.1, 0.15) is 24.4 Å². The van der Waals surface area contributed by atoms with Gasteiger partial charge in [0.2, 0.25) is 5.95 Å². The molecular formula is C18H25N7. The lowest BCUT2D eigenvalue weighted by Gasteiger charge is -2.35. The largest absolute Gasteiger partial charge is 0.356 e. The van der Waals surface area contributed by atoms with Gasteiger partial charge in [0, 0.05) is 57.2 Å². The Morgan fingerprint density at radius 2 is 1.36 bits per heavy atom. The zero-order valence-electron chi connectivity index (χ0n) is 15.0. The van der Waals surface area contributed by atoms with Gasteiger partial charge in [-0.25, -0.2) is 19.9 Å². The standard InChI is InChI=1S/C18H25N7/c1-14-5-6-19-18(20-14)25-11-9-24(10-12-25)17-13-16(21-15(2)22-17)23-7-3-4-8-23/h5-6,13H,3-4,7-12H2,1-2H3. The Morgan fingerprint density at radius 1 is 0.760 bits per heavy atom. The van der Waals surface area contributed by atoms with Crippen molar-refractivity contribution >= 4 is 17.6 Å². The Labute approximate surface area is 148 Å². The fourth-order valence-corrected chi connectivity index (χ4v) is 3.53. The first-order chi connectivity index (χ1) is 12.2. The fraction of sp³-hybridized carbons (Fsp3) is 0.556. The van der Waals surface area contributed by atoms with Gasteiger partial charge in [-0.2, -0.15) is 0 Å². The van der Waals surface area contributed by atoms with Crippen LogP contribution in [0, 0.1) is 13.8 Å². The molecule has 0 N–H and O–H groups in total. The van der Waals surface area contributed by atoms with E-state index in [1.807, 2.05) is 26.1 Å². The summed E-state index contributed by atoms with van der Waals surface area (Å²) in [7, 11) is 0. The number of nitrogens with zero attached hydrogens (tertiary/aromatic N) is 7. The van der Waals surface area contributed by atoms with Crippen LogP contribution in [-0.2, 0) is 0 Å². The first kappa shape index (κ1) is 16.1. The summed E-state index contributed by atoms with van der Waals surface area (Å²) in [4.78, 5) is 25.2. The fourth-order valence-electron chi connectivity index (χ4n) is 3.53. The van der Waals surface area contributed by atoms with E-state index in [0.717, 1.165) is 68.4 Å². The molecule has 4 rings (SSSR count). The van der Waals surface area contributed by atoms with E-state index in [2.05, 4.69) is 40.7 Å². The molecule has 2 saturated heterocycles. The van der Waals surface area contributed by atoms with Crippen LogP contribution in [0.15, 0.2) is 18.3 Å². The van der Waals surface area contributed by atoms with Crippen molar-refractivity contribution in [1.29, 1.82) is 0 Å². The molecule has 0 spiro atoms. The number of piperazine rings is 1. The molecule has 0 radical (unpaired) electrons. The molecular weight excluding hydrogens is 314 g/mol. The first-order valence-corrected chi connectivity index (χ1v) is 9.09. The summed E-state index contributed by atoms with van der Waals surface area (Å²) in [5, 5.41) is 0. The van der Waals surface area contributed by atoms with Crippen molar-refractivity contribution < 1.29 is 0 Å². The highest BCUT2D eigenvalue weighted by Crippen LogP contribution is 2.24. The van der Waals surface area contributed by atoms with Crippen LogP contribution in [0.5, 0.6) is 0 Å². The molecule has 2 aromatic rings. The van der Waals surface area contributed by atoms with Crippen molar-refractivity contribution in [3.8, 4) is 0 Å². The predicted octanol–water partition coefficient (Wildman–Crippen LogP) is 1.81. The van der Waals surface area contributed by atoms with Gasteiger partial charge in [0.15, 0.2) is 0 Å². The number of hydrogen-bond donors (Lipinski definition) is 0. The van der Waals surface area contributed by atoms with Crippen LogP contribution in [0.2, 0.25) is 0 Å². The van der Waals surface area contributed by atoms with E-state index in [0.29, 0.717) is 0 Å². The van der Waals surface area contributed by atoms with E-state index >= 15 is 0 Å². The molecule has 25 heavy (non-hydrogen) atoms. The van der Waals surface area contributed by atoms with E-state index in [1.165, 1.54) is 12.8 Å². The van der Waals surface area contributed by atoms with Crippen molar-refractivity contribution in [2.45, 2.75) is 26.7 Å².